The lowest BCUT2D eigenvalue weighted by Crippen LogP contribution is -2.12. The molecule has 1 N–H and O–H groups in total. The van der Waals surface area contributed by atoms with Crippen LogP contribution in [0.1, 0.15) is 37.3 Å². The van der Waals surface area contributed by atoms with Crippen LogP contribution in [-0.2, 0) is 0 Å². The standard InChI is InChI=1S/C13H20O/c1-4-13(11(3)9-14)12-7-5-10(2)6-8-12/h5-8,11,13-14H,4,9H2,1-3H3. The predicted octanol–water partition coefficient (Wildman–Crippen LogP) is 3.12. The Kier molecular flexibility index (Phi) is 4.15. The van der Waals surface area contributed by atoms with E-state index in [2.05, 4.69) is 45.0 Å². The van der Waals surface area contributed by atoms with Crippen LogP contribution >= 0.6 is 0 Å². The van der Waals surface area contributed by atoms with Gasteiger partial charge in [-0.2, -0.15) is 0 Å². The van der Waals surface area contributed by atoms with Crippen molar-refractivity contribution in [2.75, 3.05) is 6.61 Å². The summed E-state index contributed by atoms with van der Waals surface area (Å²) in [7, 11) is 0. The number of aliphatic hydroxyl groups excluding tert-OH is 1. The van der Waals surface area contributed by atoms with E-state index in [0.29, 0.717) is 11.8 Å². The van der Waals surface area contributed by atoms with E-state index in [1.807, 2.05) is 0 Å². The lowest BCUT2D eigenvalue weighted by Gasteiger charge is -2.21. The van der Waals surface area contributed by atoms with Crippen LogP contribution in [0.5, 0.6) is 0 Å². The van der Waals surface area contributed by atoms with E-state index < -0.39 is 0 Å². The minimum absolute atomic E-state index is 0.270. The molecule has 0 aliphatic heterocycles. The first-order valence-corrected chi connectivity index (χ1v) is 5.36. The molecule has 0 saturated heterocycles. The van der Waals surface area contributed by atoms with Gasteiger partial charge in [0.1, 0.15) is 0 Å². The summed E-state index contributed by atoms with van der Waals surface area (Å²) in [5, 5.41) is 9.15. The summed E-state index contributed by atoms with van der Waals surface area (Å²) >= 11 is 0. The molecule has 0 bridgehead atoms. The highest BCUT2D eigenvalue weighted by molar-refractivity contribution is 5.24. The van der Waals surface area contributed by atoms with E-state index in [-0.39, 0.29) is 6.61 Å². The van der Waals surface area contributed by atoms with Crippen LogP contribution in [-0.4, -0.2) is 11.7 Å². The summed E-state index contributed by atoms with van der Waals surface area (Å²) in [5.41, 5.74) is 2.64. The fraction of sp³-hybridized carbons (Fsp3) is 0.538. The van der Waals surface area contributed by atoms with E-state index in [1.165, 1.54) is 11.1 Å². The summed E-state index contributed by atoms with van der Waals surface area (Å²) in [5.74, 6) is 0.836. The molecule has 0 fully saturated rings. The van der Waals surface area contributed by atoms with Crippen molar-refractivity contribution in [1.82, 2.24) is 0 Å². The van der Waals surface area contributed by atoms with E-state index in [9.17, 15) is 0 Å². The largest absolute Gasteiger partial charge is 0.396 e. The second-order valence-electron chi connectivity index (χ2n) is 4.09. The molecule has 0 radical (unpaired) electrons. The number of hydrogen-bond acceptors (Lipinski definition) is 1. The number of rotatable bonds is 4. The zero-order valence-corrected chi connectivity index (χ0v) is 9.33. The highest BCUT2D eigenvalue weighted by atomic mass is 16.3. The fourth-order valence-electron chi connectivity index (χ4n) is 1.91. The molecule has 0 aliphatic carbocycles. The highest BCUT2D eigenvalue weighted by Gasteiger charge is 2.16. The molecule has 0 spiro atoms. The highest BCUT2D eigenvalue weighted by Crippen LogP contribution is 2.27. The van der Waals surface area contributed by atoms with E-state index >= 15 is 0 Å². The molecule has 14 heavy (non-hydrogen) atoms. The Morgan fingerprint density at radius 2 is 1.79 bits per heavy atom. The van der Waals surface area contributed by atoms with Gasteiger partial charge in [-0.1, -0.05) is 43.7 Å². The SMILES string of the molecule is CCC(c1ccc(C)cc1)C(C)CO. The Hall–Kier alpha value is -0.820. The molecule has 0 amide bonds. The lowest BCUT2D eigenvalue weighted by molar-refractivity contribution is 0.213. The third-order valence-electron chi connectivity index (χ3n) is 2.92. The Labute approximate surface area is 86.8 Å². The Balaban J connectivity index is 2.84. The van der Waals surface area contributed by atoms with Crippen LogP contribution in [0, 0.1) is 12.8 Å². The summed E-state index contributed by atoms with van der Waals surface area (Å²) < 4.78 is 0. The van der Waals surface area contributed by atoms with Crippen molar-refractivity contribution in [1.29, 1.82) is 0 Å². The first-order chi connectivity index (χ1) is 6.69. The van der Waals surface area contributed by atoms with Gasteiger partial charge in [0.2, 0.25) is 0 Å². The van der Waals surface area contributed by atoms with Crippen LogP contribution in [0.2, 0.25) is 0 Å². The van der Waals surface area contributed by atoms with Gasteiger partial charge < -0.3 is 5.11 Å². The maximum atomic E-state index is 9.15. The van der Waals surface area contributed by atoms with E-state index in [0.717, 1.165) is 6.42 Å². The normalized spacial score (nSPS) is 15.1. The molecule has 0 aliphatic rings. The average Bonchev–Trinajstić information content (AvgIpc) is 2.21. The van der Waals surface area contributed by atoms with Gasteiger partial charge in [0.05, 0.1) is 0 Å². The summed E-state index contributed by atoms with van der Waals surface area (Å²) in [6.07, 6.45) is 1.09. The summed E-state index contributed by atoms with van der Waals surface area (Å²) in [6.45, 7) is 6.65. The maximum Gasteiger partial charge on any atom is 0.0462 e. The van der Waals surface area contributed by atoms with Crippen molar-refractivity contribution >= 4 is 0 Å². The Bertz CT molecular complexity index is 263. The molecule has 1 nitrogen and oxygen atoms in total. The number of aryl methyl sites for hydroxylation is 1. The molecular formula is C13H20O. The Morgan fingerprint density at radius 3 is 2.21 bits per heavy atom. The molecule has 1 aromatic carbocycles. The molecular weight excluding hydrogens is 172 g/mol. The summed E-state index contributed by atoms with van der Waals surface area (Å²) in [4.78, 5) is 0. The number of hydrogen-bond donors (Lipinski definition) is 1. The van der Waals surface area contributed by atoms with Crippen LogP contribution in [0.4, 0.5) is 0 Å². The third-order valence-corrected chi connectivity index (χ3v) is 2.92. The van der Waals surface area contributed by atoms with Crippen molar-refractivity contribution < 1.29 is 5.11 Å². The second kappa shape index (κ2) is 5.16. The zero-order valence-electron chi connectivity index (χ0n) is 9.33. The Morgan fingerprint density at radius 1 is 1.21 bits per heavy atom. The first-order valence-electron chi connectivity index (χ1n) is 5.36. The number of aliphatic hydroxyl groups is 1. The predicted molar refractivity (Wildman–Crippen MR) is 60.5 cm³/mol. The molecule has 2 unspecified atom stereocenters. The van der Waals surface area contributed by atoms with Crippen molar-refractivity contribution in [3.63, 3.8) is 0 Å². The first kappa shape index (κ1) is 11.3. The summed E-state index contributed by atoms with van der Waals surface area (Å²) in [6, 6.07) is 8.63. The van der Waals surface area contributed by atoms with Gasteiger partial charge in [-0.05, 0) is 30.7 Å². The van der Waals surface area contributed by atoms with Crippen molar-refractivity contribution in [2.45, 2.75) is 33.1 Å². The van der Waals surface area contributed by atoms with Gasteiger partial charge in [-0.15, -0.1) is 0 Å². The third kappa shape index (κ3) is 2.58. The topological polar surface area (TPSA) is 20.2 Å². The molecule has 0 heterocycles. The van der Waals surface area contributed by atoms with Gasteiger partial charge in [0.15, 0.2) is 0 Å². The monoisotopic (exact) mass is 192 g/mol. The maximum absolute atomic E-state index is 9.15. The molecule has 1 rings (SSSR count). The zero-order chi connectivity index (χ0) is 10.6. The van der Waals surface area contributed by atoms with Crippen LogP contribution in [0.25, 0.3) is 0 Å². The van der Waals surface area contributed by atoms with Gasteiger partial charge in [-0.3, -0.25) is 0 Å². The van der Waals surface area contributed by atoms with Gasteiger partial charge in [0, 0.05) is 6.61 Å². The van der Waals surface area contributed by atoms with Crippen molar-refractivity contribution in [3.8, 4) is 0 Å². The quantitative estimate of drug-likeness (QED) is 0.777. The van der Waals surface area contributed by atoms with Crippen LogP contribution < -0.4 is 0 Å². The van der Waals surface area contributed by atoms with E-state index in [1.54, 1.807) is 0 Å². The molecule has 0 aromatic heterocycles. The molecule has 2 atom stereocenters. The minimum atomic E-state index is 0.270. The van der Waals surface area contributed by atoms with Crippen LogP contribution in [0.15, 0.2) is 24.3 Å². The molecule has 1 aromatic rings. The van der Waals surface area contributed by atoms with Crippen molar-refractivity contribution in [3.05, 3.63) is 35.4 Å². The number of benzene rings is 1. The molecule has 78 valence electrons. The van der Waals surface area contributed by atoms with E-state index in [4.69, 9.17) is 5.11 Å². The molecule has 0 saturated carbocycles. The molecule has 1 heteroatoms. The smallest absolute Gasteiger partial charge is 0.0462 e. The van der Waals surface area contributed by atoms with Crippen molar-refractivity contribution in [2.24, 2.45) is 5.92 Å². The minimum Gasteiger partial charge on any atom is -0.396 e. The van der Waals surface area contributed by atoms with Gasteiger partial charge in [0.25, 0.3) is 0 Å². The van der Waals surface area contributed by atoms with Gasteiger partial charge in [-0.25, -0.2) is 0 Å². The van der Waals surface area contributed by atoms with Gasteiger partial charge >= 0.3 is 0 Å². The fourth-order valence-corrected chi connectivity index (χ4v) is 1.91. The lowest BCUT2D eigenvalue weighted by atomic mass is 9.85. The van der Waals surface area contributed by atoms with Crippen LogP contribution in [0.3, 0.4) is 0 Å². The average molecular weight is 192 g/mol. The second-order valence-corrected chi connectivity index (χ2v) is 4.09.